The number of rotatable bonds is 6. The third-order valence-electron chi connectivity index (χ3n) is 4.91. The summed E-state index contributed by atoms with van der Waals surface area (Å²) in [5.41, 5.74) is 0.316. The van der Waals surface area contributed by atoms with E-state index in [1.807, 2.05) is 30.3 Å². The van der Waals surface area contributed by atoms with Crippen LogP contribution in [-0.4, -0.2) is 54.6 Å². The highest BCUT2D eigenvalue weighted by molar-refractivity contribution is 6.37. The molecular weight excluding hydrogens is 400 g/mol. The van der Waals surface area contributed by atoms with Gasteiger partial charge in [0.2, 0.25) is 0 Å². The molecular formula is C23H32N2O6. The molecule has 0 aliphatic carbocycles. The Kier molecular flexibility index (Phi) is 9.03. The predicted octanol–water partition coefficient (Wildman–Crippen LogP) is 4.36. The van der Waals surface area contributed by atoms with E-state index in [0.29, 0.717) is 31.8 Å². The zero-order chi connectivity index (χ0) is 22.9. The third-order valence-corrected chi connectivity index (χ3v) is 4.91. The highest BCUT2D eigenvalue weighted by atomic mass is 16.6. The summed E-state index contributed by atoms with van der Waals surface area (Å²) in [6, 6.07) is 9.56. The molecule has 1 aliphatic heterocycles. The fourth-order valence-electron chi connectivity index (χ4n) is 3.27. The molecule has 1 aliphatic rings. The van der Waals surface area contributed by atoms with Crippen molar-refractivity contribution in [2.75, 3.05) is 20.2 Å². The maximum atomic E-state index is 12.3. The average molecular weight is 433 g/mol. The zero-order valence-electron chi connectivity index (χ0n) is 18.8. The van der Waals surface area contributed by atoms with Crippen LogP contribution < -0.4 is 0 Å². The number of likely N-dealkylation sites (tertiary alicyclic amines) is 1. The highest BCUT2D eigenvalue weighted by Crippen LogP contribution is 2.23. The molecule has 0 bridgehead atoms. The number of carbonyl (C=O) groups excluding carboxylic acids is 3. The van der Waals surface area contributed by atoms with E-state index >= 15 is 0 Å². The molecule has 1 heterocycles. The van der Waals surface area contributed by atoms with Crippen LogP contribution in [0.2, 0.25) is 0 Å². The summed E-state index contributed by atoms with van der Waals surface area (Å²) in [7, 11) is 1.26. The van der Waals surface area contributed by atoms with Gasteiger partial charge in [-0.05, 0) is 57.9 Å². The number of ether oxygens (including phenoxy) is 3. The van der Waals surface area contributed by atoms with E-state index < -0.39 is 17.7 Å². The Morgan fingerprint density at radius 1 is 1.10 bits per heavy atom. The summed E-state index contributed by atoms with van der Waals surface area (Å²) in [5, 5.41) is 0. The van der Waals surface area contributed by atoms with Crippen molar-refractivity contribution in [1.82, 2.24) is 4.90 Å². The molecule has 170 valence electrons. The van der Waals surface area contributed by atoms with Crippen molar-refractivity contribution < 1.29 is 28.6 Å². The Bertz CT molecular complexity index is 777. The number of hydrogen-bond acceptors (Lipinski definition) is 6. The first-order chi connectivity index (χ1) is 14.7. The first kappa shape index (κ1) is 24.4. The van der Waals surface area contributed by atoms with Crippen LogP contribution in [0.5, 0.6) is 0 Å². The molecule has 0 aromatic heterocycles. The maximum Gasteiger partial charge on any atom is 0.434 e. The largest absolute Gasteiger partial charge is 0.465 e. The Hall–Kier alpha value is -2.90. The highest BCUT2D eigenvalue weighted by Gasteiger charge is 2.25. The molecule has 1 aromatic carbocycles. The van der Waals surface area contributed by atoms with Gasteiger partial charge >= 0.3 is 18.2 Å². The second-order valence-electron chi connectivity index (χ2n) is 8.54. The minimum absolute atomic E-state index is 0.0569. The number of methoxy groups -OCH3 is 1. The number of amides is 2. The normalized spacial score (nSPS) is 15.4. The second-order valence-corrected chi connectivity index (χ2v) is 8.54. The lowest BCUT2D eigenvalue weighted by Crippen LogP contribution is -2.39. The van der Waals surface area contributed by atoms with Gasteiger partial charge in [-0.25, -0.2) is 14.4 Å². The van der Waals surface area contributed by atoms with E-state index in [4.69, 9.17) is 14.2 Å². The predicted molar refractivity (Wildman–Crippen MR) is 116 cm³/mol. The summed E-state index contributed by atoms with van der Waals surface area (Å²) < 4.78 is 15.3. The maximum absolute atomic E-state index is 12.3. The van der Waals surface area contributed by atoms with Gasteiger partial charge in [0.05, 0.1) is 7.11 Å². The summed E-state index contributed by atoms with van der Waals surface area (Å²) in [5.74, 6) is -0.320. The van der Waals surface area contributed by atoms with Crippen LogP contribution in [0.3, 0.4) is 0 Å². The fraction of sp³-hybridized carbons (Fsp3) is 0.565. The molecule has 1 saturated heterocycles. The van der Waals surface area contributed by atoms with Gasteiger partial charge in [0, 0.05) is 13.1 Å². The van der Waals surface area contributed by atoms with E-state index in [1.54, 1.807) is 25.7 Å². The molecule has 0 unspecified atom stereocenters. The van der Waals surface area contributed by atoms with Crippen molar-refractivity contribution in [2.45, 2.75) is 58.7 Å². The van der Waals surface area contributed by atoms with E-state index in [9.17, 15) is 14.4 Å². The molecule has 31 heavy (non-hydrogen) atoms. The van der Waals surface area contributed by atoms with E-state index in [0.717, 1.165) is 18.4 Å². The minimum atomic E-state index is -0.802. The second kappa shape index (κ2) is 11.5. The van der Waals surface area contributed by atoms with Crippen molar-refractivity contribution in [3.05, 3.63) is 35.9 Å². The summed E-state index contributed by atoms with van der Waals surface area (Å²) >= 11 is 0. The lowest BCUT2D eigenvalue weighted by atomic mass is 9.91. The average Bonchev–Trinajstić information content (AvgIpc) is 2.74. The SMILES string of the molecule is COC(=O)C(CCC1CCN(C(=O)OCc2ccccc2)CC1)=NC(=O)OC(C)(C)C. The summed E-state index contributed by atoms with van der Waals surface area (Å²) in [6.07, 6.45) is 1.45. The van der Waals surface area contributed by atoms with Gasteiger partial charge < -0.3 is 19.1 Å². The number of nitrogens with zero attached hydrogens (tertiary/aromatic N) is 2. The van der Waals surface area contributed by atoms with Crippen molar-refractivity contribution in [2.24, 2.45) is 10.9 Å². The number of piperidine rings is 1. The molecule has 0 spiro atoms. The molecule has 0 N–H and O–H groups in total. The molecule has 0 saturated carbocycles. The molecule has 0 atom stereocenters. The summed E-state index contributed by atoms with van der Waals surface area (Å²) in [6.45, 7) is 6.64. The fourth-order valence-corrected chi connectivity index (χ4v) is 3.27. The van der Waals surface area contributed by atoms with Gasteiger partial charge in [-0.3, -0.25) is 0 Å². The van der Waals surface area contributed by atoms with Gasteiger partial charge in [0.1, 0.15) is 17.9 Å². The van der Waals surface area contributed by atoms with Gasteiger partial charge in [-0.2, -0.15) is 4.99 Å². The number of hydrogen-bond donors (Lipinski definition) is 0. The molecule has 0 radical (unpaired) electrons. The standard InChI is InChI=1S/C23H32N2O6/c1-23(2,3)31-21(27)24-19(20(26)29-4)11-10-17-12-14-25(15-13-17)22(28)30-16-18-8-6-5-7-9-18/h5-9,17H,10-16H2,1-4H3. The topological polar surface area (TPSA) is 94.5 Å². The van der Waals surface area contributed by atoms with Gasteiger partial charge in [-0.15, -0.1) is 0 Å². The lowest BCUT2D eigenvalue weighted by molar-refractivity contribution is -0.132. The van der Waals surface area contributed by atoms with Crippen molar-refractivity contribution in [3.63, 3.8) is 0 Å². The molecule has 8 heteroatoms. The Balaban J connectivity index is 1.80. The molecule has 1 aromatic rings. The van der Waals surface area contributed by atoms with Gasteiger partial charge in [-0.1, -0.05) is 30.3 Å². The van der Waals surface area contributed by atoms with Crippen LogP contribution in [0.1, 0.15) is 52.0 Å². The molecule has 1 fully saturated rings. The quantitative estimate of drug-likeness (QED) is 0.376. The number of esters is 1. The van der Waals surface area contributed by atoms with Gasteiger partial charge in [0.15, 0.2) is 0 Å². The van der Waals surface area contributed by atoms with Crippen LogP contribution in [-0.2, 0) is 25.6 Å². The van der Waals surface area contributed by atoms with Crippen molar-refractivity contribution in [1.29, 1.82) is 0 Å². The smallest absolute Gasteiger partial charge is 0.434 e. The van der Waals surface area contributed by atoms with E-state index in [-0.39, 0.29) is 18.4 Å². The van der Waals surface area contributed by atoms with Crippen LogP contribution in [0, 0.1) is 5.92 Å². The minimum Gasteiger partial charge on any atom is -0.465 e. The third kappa shape index (κ3) is 8.78. The first-order valence-electron chi connectivity index (χ1n) is 10.5. The number of aliphatic imine (C=N–C) groups is 1. The van der Waals surface area contributed by atoms with Crippen LogP contribution in [0.4, 0.5) is 9.59 Å². The lowest BCUT2D eigenvalue weighted by Gasteiger charge is -2.31. The molecule has 2 amide bonds. The number of carbonyl (C=O) groups is 3. The summed E-state index contributed by atoms with van der Waals surface area (Å²) in [4.78, 5) is 41.7. The van der Waals surface area contributed by atoms with Crippen LogP contribution in [0.15, 0.2) is 35.3 Å². The Morgan fingerprint density at radius 2 is 1.74 bits per heavy atom. The zero-order valence-corrected chi connectivity index (χ0v) is 18.8. The van der Waals surface area contributed by atoms with Gasteiger partial charge in [0.25, 0.3) is 0 Å². The Labute approximate surface area is 183 Å². The van der Waals surface area contributed by atoms with Crippen molar-refractivity contribution in [3.8, 4) is 0 Å². The van der Waals surface area contributed by atoms with E-state index in [2.05, 4.69) is 4.99 Å². The first-order valence-corrected chi connectivity index (χ1v) is 10.5. The Morgan fingerprint density at radius 3 is 2.32 bits per heavy atom. The van der Waals surface area contributed by atoms with Crippen LogP contribution >= 0.6 is 0 Å². The molecule has 2 rings (SSSR count). The van der Waals surface area contributed by atoms with Crippen molar-refractivity contribution >= 4 is 23.9 Å². The van der Waals surface area contributed by atoms with Crippen LogP contribution in [0.25, 0.3) is 0 Å². The number of benzene rings is 1. The monoisotopic (exact) mass is 432 g/mol. The molecule has 8 nitrogen and oxygen atoms in total. The van der Waals surface area contributed by atoms with E-state index in [1.165, 1.54) is 7.11 Å².